The Morgan fingerprint density at radius 2 is 0.826 bits per heavy atom. The van der Waals surface area contributed by atoms with Crippen LogP contribution in [-0.2, 0) is 14.3 Å². The summed E-state index contributed by atoms with van der Waals surface area (Å²) in [6, 6.07) is -0.826. The SMILES string of the molecule is CCCCCCCC/C=C/CC/C=C/CC/C=C/C(O)C(COC1OC(CO)C(O)C(O)C1O)NC(=O)CCCCCCCCCCCCCCCCCCCCCCCCCCCCCCCC. The van der Waals surface area contributed by atoms with E-state index < -0.39 is 49.5 Å². The quantitative estimate of drug-likeness (QED) is 0.0261. The summed E-state index contributed by atoms with van der Waals surface area (Å²) >= 11 is 0. The van der Waals surface area contributed by atoms with Crippen molar-refractivity contribution in [2.24, 2.45) is 0 Å². The minimum Gasteiger partial charge on any atom is -0.394 e. The molecule has 0 aromatic rings. The van der Waals surface area contributed by atoms with Gasteiger partial charge >= 0.3 is 0 Å². The molecule has 7 atom stereocenters. The van der Waals surface area contributed by atoms with Gasteiger partial charge in [0.15, 0.2) is 6.29 Å². The average Bonchev–Trinajstić information content (AvgIpc) is 3.35. The molecule has 0 aliphatic carbocycles. The van der Waals surface area contributed by atoms with E-state index in [1.807, 2.05) is 6.08 Å². The van der Waals surface area contributed by atoms with Crippen LogP contribution in [0.1, 0.15) is 284 Å². The lowest BCUT2D eigenvalue weighted by molar-refractivity contribution is -0.302. The number of unbranched alkanes of at least 4 members (excludes halogenated alkanes) is 37. The first-order valence-corrected chi connectivity index (χ1v) is 29.7. The van der Waals surface area contributed by atoms with Crippen LogP contribution in [0.2, 0.25) is 0 Å². The number of hydrogen-bond acceptors (Lipinski definition) is 8. The zero-order valence-electron chi connectivity index (χ0n) is 45.1. The number of rotatable bonds is 51. The van der Waals surface area contributed by atoms with Gasteiger partial charge in [-0.15, -0.1) is 0 Å². The van der Waals surface area contributed by atoms with Gasteiger partial charge in [-0.3, -0.25) is 4.79 Å². The Bertz CT molecular complexity index is 1180. The van der Waals surface area contributed by atoms with Gasteiger partial charge in [0.05, 0.1) is 25.4 Å². The molecule has 1 aliphatic rings. The van der Waals surface area contributed by atoms with Crippen molar-refractivity contribution in [1.29, 1.82) is 0 Å². The van der Waals surface area contributed by atoms with Crippen molar-refractivity contribution in [3.05, 3.63) is 36.5 Å². The normalized spacial score (nSPS) is 19.7. The van der Waals surface area contributed by atoms with Gasteiger partial charge in [-0.25, -0.2) is 0 Å². The lowest BCUT2D eigenvalue weighted by Crippen LogP contribution is -2.60. The van der Waals surface area contributed by atoms with E-state index in [-0.39, 0.29) is 12.5 Å². The summed E-state index contributed by atoms with van der Waals surface area (Å²) in [7, 11) is 0. The highest BCUT2D eigenvalue weighted by Crippen LogP contribution is 2.23. The molecule has 69 heavy (non-hydrogen) atoms. The number of ether oxygens (including phenoxy) is 2. The third-order valence-electron chi connectivity index (χ3n) is 14.2. The maximum absolute atomic E-state index is 13.0. The minimum absolute atomic E-state index is 0.186. The Kier molecular flexibility index (Phi) is 47.4. The summed E-state index contributed by atoms with van der Waals surface area (Å²) < 4.78 is 11.2. The summed E-state index contributed by atoms with van der Waals surface area (Å²) in [5, 5.41) is 54.4. The second-order valence-electron chi connectivity index (χ2n) is 20.8. The van der Waals surface area contributed by atoms with Crippen LogP contribution in [0, 0.1) is 0 Å². The Balaban J connectivity index is 2.16. The number of carbonyl (C=O) groups excluding carboxylic acids is 1. The van der Waals surface area contributed by atoms with Gasteiger partial charge in [0.25, 0.3) is 0 Å². The highest BCUT2D eigenvalue weighted by Gasteiger charge is 2.44. The van der Waals surface area contributed by atoms with Gasteiger partial charge in [0, 0.05) is 6.42 Å². The average molecular weight is 977 g/mol. The molecule has 0 aromatic carbocycles. The van der Waals surface area contributed by atoms with Crippen molar-refractivity contribution < 1.29 is 39.8 Å². The zero-order valence-corrected chi connectivity index (χ0v) is 45.1. The van der Waals surface area contributed by atoms with Crippen LogP contribution in [-0.4, -0.2) is 87.5 Å². The molecule has 7 unspecified atom stereocenters. The van der Waals surface area contributed by atoms with Gasteiger partial charge in [-0.2, -0.15) is 0 Å². The van der Waals surface area contributed by atoms with Gasteiger partial charge in [0.2, 0.25) is 5.91 Å². The molecule has 1 rings (SSSR count). The van der Waals surface area contributed by atoms with Crippen molar-refractivity contribution >= 4 is 5.91 Å². The standard InChI is InChI=1S/C60H113NO8/c1-3-5-7-9-11-13-15-17-19-21-22-23-24-25-26-27-28-29-30-31-32-33-34-36-38-40-42-44-46-48-50-56(64)61-53(52-68-60-59(67)58(66)57(65)55(51-62)69-60)54(63)49-47-45-43-41-39-37-35-20-18-16-14-12-10-8-6-4-2/h18,20,39,41,47,49,53-55,57-60,62-63,65-67H,3-17,19,21-38,40,42-46,48,50-52H2,1-2H3,(H,61,64)/b20-18+,41-39+,49-47+. The summed E-state index contributed by atoms with van der Waals surface area (Å²) in [5.41, 5.74) is 0. The van der Waals surface area contributed by atoms with Crippen molar-refractivity contribution in [2.45, 2.75) is 326 Å². The number of hydrogen-bond donors (Lipinski definition) is 6. The predicted octanol–water partition coefficient (Wildman–Crippen LogP) is 14.7. The number of carbonyl (C=O) groups is 1. The van der Waals surface area contributed by atoms with E-state index >= 15 is 0 Å². The molecule has 0 aromatic heterocycles. The van der Waals surface area contributed by atoms with E-state index in [2.05, 4.69) is 43.5 Å². The fraction of sp³-hybridized carbons (Fsp3) is 0.883. The molecular formula is C60H113NO8. The van der Waals surface area contributed by atoms with Crippen LogP contribution < -0.4 is 5.32 Å². The van der Waals surface area contributed by atoms with E-state index in [9.17, 15) is 30.3 Å². The van der Waals surface area contributed by atoms with Crippen molar-refractivity contribution in [1.82, 2.24) is 5.32 Å². The van der Waals surface area contributed by atoms with Crippen molar-refractivity contribution in [3.63, 3.8) is 0 Å². The number of aliphatic hydroxyl groups is 5. The summed E-state index contributed by atoms with van der Waals surface area (Å²) in [6.45, 7) is 3.77. The van der Waals surface area contributed by atoms with E-state index in [1.54, 1.807) is 6.08 Å². The Morgan fingerprint density at radius 1 is 0.478 bits per heavy atom. The molecule has 1 aliphatic heterocycles. The summed E-state index contributed by atoms with van der Waals surface area (Å²) in [5.74, 6) is -0.186. The second-order valence-corrected chi connectivity index (χ2v) is 20.8. The van der Waals surface area contributed by atoms with Crippen LogP contribution in [0.4, 0.5) is 0 Å². The van der Waals surface area contributed by atoms with E-state index in [0.717, 1.165) is 51.4 Å². The maximum Gasteiger partial charge on any atom is 0.220 e. The van der Waals surface area contributed by atoms with E-state index in [1.165, 1.54) is 212 Å². The molecule has 0 radical (unpaired) electrons. The number of amides is 1. The van der Waals surface area contributed by atoms with Crippen LogP contribution in [0.25, 0.3) is 0 Å². The van der Waals surface area contributed by atoms with E-state index in [4.69, 9.17) is 9.47 Å². The fourth-order valence-corrected chi connectivity index (χ4v) is 9.49. The van der Waals surface area contributed by atoms with Gasteiger partial charge in [-0.1, -0.05) is 269 Å². The first-order chi connectivity index (χ1) is 33.8. The minimum atomic E-state index is -1.57. The largest absolute Gasteiger partial charge is 0.394 e. The van der Waals surface area contributed by atoms with Crippen LogP contribution in [0.15, 0.2) is 36.5 Å². The molecule has 1 heterocycles. The zero-order chi connectivity index (χ0) is 50.1. The van der Waals surface area contributed by atoms with Crippen molar-refractivity contribution in [2.75, 3.05) is 13.2 Å². The third-order valence-corrected chi connectivity index (χ3v) is 14.2. The topological polar surface area (TPSA) is 149 Å². The summed E-state index contributed by atoms with van der Waals surface area (Å²) in [4.78, 5) is 13.0. The number of allylic oxidation sites excluding steroid dienone is 5. The molecule has 1 fully saturated rings. The molecule has 1 saturated heterocycles. The number of nitrogens with one attached hydrogen (secondary N) is 1. The Labute approximate surface area is 425 Å². The first kappa shape index (κ1) is 65.4. The van der Waals surface area contributed by atoms with Crippen LogP contribution in [0.3, 0.4) is 0 Å². The lowest BCUT2D eigenvalue weighted by atomic mass is 9.99. The lowest BCUT2D eigenvalue weighted by Gasteiger charge is -2.40. The Morgan fingerprint density at radius 3 is 1.22 bits per heavy atom. The second kappa shape index (κ2) is 50.0. The molecular weight excluding hydrogens is 863 g/mol. The maximum atomic E-state index is 13.0. The predicted molar refractivity (Wildman–Crippen MR) is 290 cm³/mol. The molecule has 9 heteroatoms. The van der Waals surface area contributed by atoms with Crippen molar-refractivity contribution in [3.8, 4) is 0 Å². The smallest absolute Gasteiger partial charge is 0.220 e. The van der Waals surface area contributed by atoms with Gasteiger partial charge in [-0.05, 0) is 44.9 Å². The molecule has 0 bridgehead atoms. The van der Waals surface area contributed by atoms with Gasteiger partial charge < -0.3 is 40.3 Å². The molecule has 406 valence electrons. The fourth-order valence-electron chi connectivity index (χ4n) is 9.49. The van der Waals surface area contributed by atoms with Gasteiger partial charge in [0.1, 0.15) is 24.4 Å². The summed E-state index contributed by atoms with van der Waals surface area (Å²) in [6.07, 6.45) is 58.0. The first-order valence-electron chi connectivity index (χ1n) is 29.7. The van der Waals surface area contributed by atoms with Crippen LogP contribution in [0.5, 0.6) is 0 Å². The van der Waals surface area contributed by atoms with E-state index in [0.29, 0.717) is 6.42 Å². The highest BCUT2D eigenvalue weighted by molar-refractivity contribution is 5.76. The molecule has 0 spiro atoms. The monoisotopic (exact) mass is 976 g/mol. The molecule has 1 amide bonds. The Hall–Kier alpha value is -1.59. The highest BCUT2D eigenvalue weighted by atomic mass is 16.7. The van der Waals surface area contributed by atoms with Crippen LogP contribution >= 0.6 is 0 Å². The molecule has 0 saturated carbocycles. The molecule has 6 N–H and O–H groups in total. The third kappa shape index (κ3) is 39.6. The molecule has 9 nitrogen and oxygen atoms in total. The number of aliphatic hydroxyl groups excluding tert-OH is 5.